The van der Waals surface area contributed by atoms with Gasteiger partial charge in [0, 0.05) is 22.0 Å². The molecule has 1 aromatic heterocycles. The van der Waals surface area contributed by atoms with E-state index in [0.717, 1.165) is 16.6 Å². The lowest BCUT2D eigenvalue weighted by Gasteiger charge is -2.18. The summed E-state index contributed by atoms with van der Waals surface area (Å²) in [5, 5.41) is 1.25. The molecule has 0 amide bonds. The van der Waals surface area contributed by atoms with Crippen molar-refractivity contribution in [3.8, 4) is 0 Å². The van der Waals surface area contributed by atoms with Crippen molar-refractivity contribution in [2.24, 2.45) is 0 Å². The minimum atomic E-state index is 0.981. The Kier molecular flexibility index (Phi) is 3.71. The van der Waals surface area contributed by atoms with E-state index in [2.05, 4.69) is 33.0 Å². The minimum absolute atomic E-state index is 0.981. The zero-order valence-corrected chi connectivity index (χ0v) is 12.1. The maximum atomic E-state index is 5.65. The first-order valence-corrected chi connectivity index (χ1v) is 7.50. The van der Waals surface area contributed by atoms with Crippen molar-refractivity contribution in [2.45, 2.75) is 32.2 Å². The van der Waals surface area contributed by atoms with Gasteiger partial charge in [-0.15, -0.1) is 0 Å². The highest BCUT2D eigenvalue weighted by Crippen LogP contribution is 2.26. The van der Waals surface area contributed by atoms with E-state index < -0.39 is 0 Å². The van der Waals surface area contributed by atoms with Gasteiger partial charge in [-0.25, -0.2) is 0 Å². The summed E-state index contributed by atoms with van der Waals surface area (Å²) in [5.41, 5.74) is 2.30. The van der Waals surface area contributed by atoms with Crippen molar-refractivity contribution in [3.63, 3.8) is 0 Å². The van der Waals surface area contributed by atoms with E-state index >= 15 is 0 Å². The molecule has 0 atom stereocenters. The highest BCUT2D eigenvalue weighted by molar-refractivity contribution is 9.10. The largest absolute Gasteiger partial charge is 0.464 e. The Bertz CT molecular complexity index is 526. The van der Waals surface area contributed by atoms with Crippen LogP contribution in [0.3, 0.4) is 0 Å². The van der Waals surface area contributed by atoms with Gasteiger partial charge in [-0.05, 0) is 44.1 Å². The summed E-state index contributed by atoms with van der Waals surface area (Å²) in [5.74, 6) is 0. The normalized spacial score (nSPS) is 18.1. The summed E-state index contributed by atoms with van der Waals surface area (Å²) in [6, 6.07) is 6.28. The van der Waals surface area contributed by atoms with Crippen LogP contribution >= 0.6 is 15.9 Å². The van der Waals surface area contributed by atoms with Crippen LogP contribution in [0.25, 0.3) is 11.0 Å². The van der Waals surface area contributed by atoms with Gasteiger partial charge in [-0.1, -0.05) is 28.8 Å². The van der Waals surface area contributed by atoms with Crippen molar-refractivity contribution in [1.29, 1.82) is 0 Å². The number of nitrogens with zero attached hydrogens (tertiary/aromatic N) is 1. The van der Waals surface area contributed by atoms with Crippen LogP contribution in [0, 0.1) is 0 Å². The second-order valence-corrected chi connectivity index (χ2v) is 6.01. The second kappa shape index (κ2) is 5.45. The molecule has 0 aliphatic carbocycles. The molecule has 0 unspecified atom stereocenters. The molecule has 1 saturated heterocycles. The van der Waals surface area contributed by atoms with E-state index in [1.54, 1.807) is 0 Å². The van der Waals surface area contributed by atoms with Crippen LogP contribution < -0.4 is 0 Å². The number of hydrogen-bond acceptors (Lipinski definition) is 2. The summed E-state index contributed by atoms with van der Waals surface area (Å²) in [7, 11) is 0. The molecule has 1 aromatic carbocycles. The maximum Gasteiger partial charge on any atom is 0.135 e. The summed E-state index contributed by atoms with van der Waals surface area (Å²) >= 11 is 3.48. The van der Waals surface area contributed by atoms with Gasteiger partial charge in [0.05, 0.1) is 6.26 Å². The third-order valence-electron chi connectivity index (χ3n) is 3.71. The first-order valence-electron chi connectivity index (χ1n) is 6.71. The highest BCUT2D eigenvalue weighted by atomic mass is 79.9. The molecule has 0 bridgehead atoms. The van der Waals surface area contributed by atoms with Crippen molar-refractivity contribution in [1.82, 2.24) is 4.90 Å². The smallest absolute Gasteiger partial charge is 0.135 e. The first-order chi connectivity index (χ1) is 8.83. The molecule has 96 valence electrons. The average molecular weight is 308 g/mol. The lowest BCUT2D eigenvalue weighted by atomic mass is 10.1. The quantitative estimate of drug-likeness (QED) is 0.808. The van der Waals surface area contributed by atoms with Crippen LogP contribution in [-0.2, 0) is 6.54 Å². The number of benzene rings is 1. The van der Waals surface area contributed by atoms with Gasteiger partial charge in [-0.2, -0.15) is 0 Å². The van der Waals surface area contributed by atoms with E-state index in [0.29, 0.717) is 0 Å². The standard InChI is InChI=1S/C15H18BrNO/c16-13-5-6-14-12(11-18-15(14)9-13)10-17-7-3-1-2-4-8-17/h5-6,9,11H,1-4,7-8,10H2. The molecule has 18 heavy (non-hydrogen) atoms. The third-order valence-corrected chi connectivity index (χ3v) is 4.20. The van der Waals surface area contributed by atoms with Gasteiger partial charge in [0.25, 0.3) is 0 Å². The monoisotopic (exact) mass is 307 g/mol. The SMILES string of the molecule is Brc1ccc2c(CN3CCCCCC3)coc2c1. The Balaban J connectivity index is 1.81. The Morgan fingerprint density at radius 3 is 2.67 bits per heavy atom. The van der Waals surface area contributed by atoms with E-state index in [1.807, 2.05) is 12.3 Å². The van der Waals surface area contributed by atoms with Crippen LogP contribution in [0.1, 0.15) is 31.2 Å². The summed E-state index contributed by atoms with van der Waals surface area (Å²) < 4.78 is 6.72. The van der Waals surface area contributed by atoms with Crippen molar-refractivity contribution >= 4 is 26.9 Å². The van der Waals surface area contributed by atoms with Gasteiger partial charge in [0.2, 0.25) is 0 Å². The van der Waals surface area contributed by atoms with Crippen LogP contribution in [-0.4, -0.2) is 18.0 Å². The average Bonchev–Trinajstić information content (AvgIpc) is 2.59. The predicted molar refractivity (Wildman–Crippen MR) is 77.7 cm³/mol. The summed E-state index contributed by atoms with van der Waals surface area (Å²) in [6.45, 7) is 3.47. The first kappa shape index (κ1) is 12.2. The van der Waals surface area contributed by atoms with Crippen LogP contribution in [0.4, 0.5) is 0 Å². The molecule has 1 fully saturated rings. The molecule has 1 aliphatic rings. The zero-order chi connectivity index (χ0) is 12.4. The number of rotatable bonds is 2. The highest BCUT2D eigenvalue weighted by Gasteiger charge is 2.13. The molecule has 2 nitrogen and oxygen atoms in total. The van der Waals surface area contributed by atoms with Crippen LogP contribution in [0.2, 0.25) is 0 Å². The van der Waals surface area contributed by atoms with E-state index in [1.165, 1.54) is 49.7 Å². The number of hydrogen-bond donors (Lipinski definition) is 0. The van der Waals surface area contributed by atoms with Gasteiger partial charge < -0.3 is 4.42 Å². The summed E-state index contributed by atoms with van der Waals surface area (Å²) in [6.07, 6.45) is 7.36. The molecule has 0 saturated carbocycles. The molecule has 3 rings (SSSR count). The Morgan fingerprint density at radius 1 is 1.11 bits per heavy atom. The number of fused-ring (bicyclic) bond motifs is 1. The van der Waals surface area contributed by atoms with Crippen LogP contribution in [0.5, 0.6) is 0 Å². The van der Waals surface area contributed by atoms with Gasteiger partial charge in [0.1, 0.15) is 5.58 Å². The topological polar surface area (TPSA) is 16.4 Å². The fraction of sp³-hybridized carbons (Fsp3) is 0.467. The molecule has 0 N–H and O–H groups in total. The molecule has 0 spiro atoms. The lowest BCUT2D eigenvalue weighted by Crippen LogP contribution is -2.23. The van der Waals surface area contributed by atoms with Crippen molar-refractivity contribution < 1.29 is 4.42 Å². The lowest BCUT2D eigenvalue weighted by molar-refractivity contribution is 0.277. The van der Waals surface area contributed by atoms with Gasteiger partial charge >= 0.3 is 0 Å². The number of halogens is 1. The minimum Gasteiger partial charge on any atom is -0.464 e. The fourth-order valence-electron chi connectivity index (χ4n) is 2.71. The summed E-state index contributed by atoms with van der Waals surface area (Å²) in [4.78, 5) is 2.55. The van der Waals surface area contributed by atoms with Crippen molar-refractivity contribution in [3.05, 3.63) is 34.5 Å². The zero-order valence-electron chi connectivity index (χ0n) is 10.5. The van der Waals surface area contributed by atoms with E-state index in [-0.39, 0.29) is 0 Å². The second-order valence-electron chi connectivity index (χ2n) is 5.09. The Hall–Kier alpha value is -0.800. The molecule has 1 aliphatic heterocycles. The molecular weight excluding hydrogens is 290 g/mol. The van der Waals surface area contributed by atoms with Gasteiger partial charge in [-0.3, -0.25) is 4.90 Å². The van der Waals surface area contributed by atoms with E-state index in [9.17, 15) is 0 Å². The third kappa shape index (κ3) is 2.62. The Morgan fingerprint density at radius 2 is 1.89 bits per heavy atom. The Labute approximate surface area is 116 Å². The fourth-order valence-corrected chi connectivity index (χ4v) is 3.05. The molecule has 3 heteroatoms. The van der Waals surface area contributed by atoms with E-state index in [4.69, 9.17) is 4.42 Å². The van der Waals surface area contributed by atoms with Gasteiger partial charge in [0.15, 0.2) is 0 Å². The number of likely N-dealkylation sites (tertiary alicyclic amines) is 1. The molecule has 2 heterocycles. The molecule has 0 radical (unpaired) electrons. The predicted octanol–water partition coefficient (Wildman–Crippen LogP) is 4.57. The molecule has 2 aromatic rings. The number of furan rings is 1. The van der Waals surface area contributed by atoms with Crippen molar-refractivity contribution in [2.75, 3.05) is 13.1 Å². The maximum absolute atomic E-state index is 5.65. The van der Waals surface area contributed by atoms with Crippen LogP contribution in [0.15, 0.2) is 33.4 Å². The molecular formula is C15H18BrNO.